The van der Waals surface area contributed by atoms with E-state index in [0.29, 0.717) is 41.2 Å². The molecule has 170 valence electrons. The molecule has 3 heterocycles. The molecule has 7 nitrogen and oxygen atoms in total. The Morgan fingerprint density at radius 3 is 2.39 bits per heavy atom. The number of nitrogens with zero attached hydrogens (tertiary/aromatic N) is 4. The topological polar surface area (TPSA) is 70.5 Å². The van der Waals surface area contributed by atoms with Gasteiger partial charge < -0.3 is 10.2 Å². The van der Waals surface area contributed by atoms with Crippen LogP contribution in [0.1, 0.15) is 23.4 Å². The number of halogens is 1. The highest BCUT2D eigenvalue weighted by atomic mass is 35.5. The molecule has 1 aromatic carbocycles. The van der Waals surface area contributed by atoms with Gasteiger partial charge in [0.05, 0.1) is 11.4 Å². The van der Waals surface area contributed by atoms with Crippen molar-refractivity contribution in [3.8, 4) is 0 Å². The van der Waals surface area contributed by atoms with Crippen LogP contribution in [0.4, 0.5) is 5.69 Å². The van der Waals surface area contributed by atoms with E-state index in [2.05, 4.69) is 21.4 Å². The number of hydrogen-bond acceptors (Lipinski definition) is 5. The van der Waals surface area contributed by atoms with Gasteiger partial charge in [-0.05, 0) is 63.3 Å². The number of sulfonamides is 1. The first-order chi connectivity index (χ1) is 14.7. The number of anilines is 1. The lowest BCUT2D eigenvalue weighted by molar-refractivity contribution is 0.296. The zero-order valence-corrected chi connectivity index (χ0v) is 20.3. The second-order valence-corrected chi connectivity index (χ2v) is 11.3. The number of fused-ring (bicyclic) bond motifs is 1. The number of likely N-dealkylation sites (tertiary alicyclic amines) is 1. The predicted octanol–water partition coefficient (Wildman–Crippen LogP) is 3.05. The van der Waals surface area contributed by atoms with Gasteiger partial charge in [-0.25, -0.2) is 8.42 Å². The summed E-state index contributed by atoms with van der Waals surface area (Å²) in [6.07, 6.45) is 1.04. The highest BCUT2D eigenvalue weighted by Crippen LogP contribution is 2.35. The van der Waals surface area contributed by atoms with Gasteiger partial charge in [0.15, 0.2) is 0 Å². The fraction of sp³-hybridized carbons (Fsp3) is 0.591. The largest absolute Gasteiger partial charge is 0.385 e. The third-order valence-electron chi connectivity index (χ3n) is 6.72. The van der Waals surface area contributed by atoms with Gasteiger partial charge in [0.2, 0.25) is 10.0 Å². The van der Waals surface area contributed by atoms with Gasteiger partial charge >= 0.3 is 0 Å². The lowest BCUT2D eigenvalue weighted by atomic mass is 10.0. The zero-order chi connectivity index (χ0) is 22.3. The normalized spacial score (nSPS) is 22.2. The molecule has 0 spiro atoms. The van der Waals surface area contributed by atoms with Crippen molar-refractivity contribution in [2.75, 3.05) is 44.6 Å². The van der Waals surface area contributed by atoms with E-state index in [1.165, 1.54) is 0 Å². The molecule has 2 saturated heterocycles. The Morgan fingerprint density at radius 2 is 1.81 bits per heavy atom. The quantitative estimate of drug-likeness (QED) is 0.636. The van der Waals surface area contributed by atoms with Crippen molar-refractivity contribution in [1.29, 1.82) is 0 Å². The number of hydrogen-bond donors (Lipinski definition) is 1. The Morgan fingerprint density at radius 1 is 1.13 bits per heavy atom. The van der Waals surface area contributed by atoms with Gasteiger partial charge in [-0.15, -0.1) is 0 Å². The van der Waals surface area contributed by atoms with E-state index in [-0.39, 0.29) is 0 Å². The van der Waals surface area contributed by atoms with Crippen LogP contribution in [0.25, 0.3) is 0 Å². The van der Waals surface area contributed by atoms with Crippen LogP contribution in [-0.4, -0.2) is 66.7 Å². The van der Waals surface area contributed by atoms with E-state index in [4.69, 9.17) is 11.6 Å². The first-order valence-electron chi connectivity index (χ1n) is 10.9. The molecule has 0 bridgehead atoms. The monoisotopic (exact) mass is 465 g/mol. The average Bonchev–Trinajstić information content (AvgIpc) is 3.34. The van der Waals surface area contributed by atoms with E-state index in [0.717, 1.165) is 48.9 Å². The second kappa shape index (κ2) is 8.73. The fourth-order valence-corrected chi connectivity index (χ4v) is 7.05. The summed E-state index contributed by atoms with van der Waals surface area (Å²) in [5.41, 5.74) is 3.43. The molecule has 9 heteroatoms. The molecule has 2 aliphatic heterocycles. The van der Waals surface area contributed by atoms with Gasteiger partial charge in [-0.3, -0.25) is 4.68 Å². The summed E-state index contributed by atoms with van der Waals surface area (Å²) >= 11 is 6.19. The molecule has 2 fully saturated rings. The third kappa shape index (κ3) is 4.49. The lowest BCUT2D eigenvalue weighted by Gasteiger charge is -2.21. The van der Waals surface area contributed by atoms with E-state index >= 15 is 0 Å². The first-order valence-corrected chi connectivity index (χ1v) is 12.7. The van der Waals surface area contributed by atoms with Crippen molar-refractivity contribution in [3.05, 3.63) is 40.2 Å². The zero-order valence-electron chi connectivity index (χ0n) is 18.7. The minimum Gasteiger partial charge on any atom is -0.385 e. The smallest absolute Gasteiger partial charge is 0.246 e. The molecule has 2 atom stereocenters. The molecule has 2 aromatic rings. The van der Waals surface area contributed by atoms with E-state index < -0.39 is 10.0 Å². The number of aryl methyl sites for hydroxylation is 3. The number of aromatic nitrogens is 2. The second-order valence-electron chi connectivity index (χ2n) is 8.97. The molecule has 0 radical (unpaired) electrons. The summed E-state index contributed by atoms with van der Waals surface area (Å²) in [5.74, 6) is 0.826. The minimum absolute atomic E-state index is 0.383. The minimum atomic E-state index is -3.49. The Kier molecular flexibility index (Phi) is 6.36. The van der Waals surface area contributed by atoms with E-state index in [1.54, 1.807) is 23.0 Å². The third-order valence-corrected chi connectivity index (χ3v) is 9.21. The van der Waals surface area contributed by atoms with Crippen LogP contribution in [0, 0.1) is 32.6 Å². The Labute approximate surface area is 190 Å². The van der Waals surface area contributed by atoms with E-state index in [9.17, 15) is 8.42 Å². The summed E-state index contributed by atoms with van der Waals surface area (Å²) in [6, 6.07) is 6.06. The van der Waals surface area contributed by atoms with E-state index in [1.807, 2.05) is 26.0 Å². The maximum Gasteiger partial charge on any atom is 0.246 e. The van der Waals surface area contributed by atoms with Gasteiger partial charge in [0.1, 0.15) is 4.90 Å². The summed E-state index contributed by atoms with van der Waals surface area (Å²) in [6.45, 7) is 10.7. The number of benzene rings is 1. The molecule has 4 rings (SSSR count). The van der Waals surface area contributed by atoms with Crippen LogP contribution >= 0.6 is 11.6 Å². The predicted molar refractivity (Wildman–Crippen MR) is 124 cm³/mol. The maximum absolute atomic E-state index is 13.2. The van der Waals surface area contributed by atoms with Crippen molar-refractivity contribution in [1.82, 2.24) is 19.0 Å². The summed E-state index contributed by atoms with van der Waals surface area (Å²) in [4.78, 5) is 2.86. The highest BCUT2D eigenvalue weighted by Gasteiger charge is 2.45. The molecular weight excluding hydrogens is 434 g/mol. The molecule has 2 unspecified atom stereocenters. The van der Waals surface area contributed by atoms with Crippen LogP contribution in [0.2, 0.25) is 5.02 Å². The maximum atomic E-state index is 13.2. The summed E-state index contributed by atoms with van der Waals surface area (Å²) in [5, 5.41) is 8.52. The fourth-order valence-electron chi connectivity index (χ4n) is 4.92. The van der Waals surface area contributed by atoms with Crippen LogP contribution in [-0.2, 0) is 17.1 Å². The van der Waals surface area contributed by atoms with Gasteiger partial charge in [-0.2, -0.15) is 9.40 Å². The Balaban J connectivity index is 1.27. The van der Waals surface area contributed by atoms with Gasteiger partial charge in [-0.1, -0.05) is 17.7 Å². The lowest BCUT2D eigenvalue weighted by Crippen LogP contribution is -2.34. The van der Waals surface area contributed by atoms with Gasteiger partial charge in [0.25, 0.3) is 0 Å². The molecule has 1 aromatic heterocycles. The molecular formula is C22H32ClN5O2S. The molecule has 0 amide bonds. The summed E-state index contributed by atoms with van der Waals surface area (Å²) in [7, 11) is -1.69. The van der Waals surface area contributed by atoms with Crippen LogP contribution in [0.15, 0.2) is 23.1 Å². The van der Waals surface area contributed by atoms with Crippen LogP contribution in [0.5, 0.6) is 0 Å². The number of nitrogens with one attached hydrogen (secondary N) is 1. The Bertz CT molecular complexity index is 1050. The van der Waals surface area contributed by atoms with Crippen LogP contribution in [0.3, 0.4) is 0 Å². The van der Waals surface area contributed by atoms with Crippen LogP contribution < -0.4 is 5.32 Å². The van der Waals surface area contributed by atoms with Crippen molar-refractivity contribution in [2.45, 2.75) is 32.1 Å². The first kappa shape index (κ1) is 22.6. The Hall–Kier alpha value is -1.61. The van der Waals surface area contributed by atoms with Crippen molar-refractivity contribution in [2.24, 2.45) is 18.9 Å². The van der Waals surface area contributed by atoms with Crippen molar-refractivity contribution >= 4 is 27.3 Å². The molecule has 2 aliphatic rings. The number of rotatable bonds is 7. The molecule has 0 saturated carbocycles. The summed E-state index contributed by atoms with van der Waals surface area (Å²) < 4.78 is 29.8. The van der Waals surface area contributed by atoms with Gasteiger partial charge in [0, 0.05) is 50.5 Å². The molecule has 1 N–H and O–H groups in total. The highest BCUT2D eigenvalue weighted by molar-refractivity contribution is 7.89. The average molecular weight is 466 g/mol. The van der Waals surface area contributed by atoms with Crippen molar-refractivity contribution in [3.63, 3.8) is 0 Å². The molecule has 31 heavy (non-hydrogen) atoms. The SMILES string of the molecule is Cc1ccc(NCCCN2CC3CN(S(=O)(=O)c4c(C)nn(C)c4C)CC3C2)cc1Cl. The standard InChI is InChI=1S/C22H32ClN5O2S/c1-15-6-7-20(10-21(15)23)24-8-5-9-27-11-18-13-28(14-19(18)12-27)31(29,30)22-16(2)25-26(4)17(22)3/h6-7,10,18-19,24H,5,8-9,11-14H2,1-4H3. The van der Waals surface area contributed by atoms with Crippen molar-refractivity contribution < 1.29 is 8.42 Å². The molecule has 0 aliphatic carbocycles.